The molecule has 2 N–H and O–H groups in total. The van der Waals surface area contributed by atoms with Crippen LogP contribution in [0.15, 0.2) is 30.3 Å². The number of anilines is 1. The first-order chi connectivity index (χ1) is 8.24. The first kappa shape index (κ1) is 10.2. The molecule has 4 heteroatoms. The van der Waals surface area contributed by atoms with Gasteiger partial charge in [-0.3, -0.25) is 4.79 Å². The van der Waals surface area contributed by atoms with Crippen LogP contribution in [0.5, 0.6) is 0 Å². The summed E-state index contributed by atoms with van der Waals surface area (Å²) in [6.07, 6.45) is 0.727. The highest BCUT2D eigenvalue weighted by Gasteiger charge is 2.28. The molecular formula is C13H14N2O2. The Labute approximate surface area is 98.9 Å². The number of fused-ring (bicyclic) bond motifs is 1. The molecule has 2 aromatic rings. The van der Waals surface area contributed by atoms with Crippen molar-refractivity contribution in [2.75, 3.05) is 18.0 Å². The zero-order valence-corrected chi connectivity index (χ0v) is 9.39. The zero-order chi connectivity index (χ0) is 11.8. The summed E-state index contributed by atoms with van der Waals surface area (Å²) in [5.74, 6) is 0.0972. The van der Waals surface area contributed by atoms with Gasteiger partial charge in [0.1, 0.15) is 5.82 Å². The van der Waals surface area contributed by atoms with E-state index in [1.54, 1.807) is 0 Å². The minimum atomic E-state index is -0.691. The third-order valence-electron chi connectivity index (χ3n) is 3.39. The minimum absolute atomic E-state index is 0.235. The number of aromatic nitrogens is 1. The van der Waals surface area contributed by atoms with Crippen LogP contribution in [0.25, 0.3) is 10.9 Å². The Morgan fingerprint density at radius 3 is 2.94 bits per heavy atom. The van der Waals surface area contributed by atoms with E-state index in [1.807, 2.05) is 18.2 Å². The lowest BCUT2D eigenvalue weighted by molar-refractivity contribution is -0.140. The molecule has 2 heterocycles. The van der Waals surface area contributed by atoms with Gasteiger partial charge in [0.05, 0.1) is 5.92 Å². The van der Waals surface area contributed by atoms with E-state index in [2.05, 4.69) is 22.0 Å². The fourth-order valence-electron chi connectivity index (χ4n) is 2.41. The molecule has 0 saturated carbocycles. The molecule has 88 valence electrons. The van der Waals surface area contributed by atoms with E-state index in [4.69, 9.17) is 5.11 Å². The number of nitrogens with zero attached hydrogens (tertiary/aromatic N) is 1. The van der Waals surface area contributed by atoms with Crippen LogP contribution in [0.1, 0.15) is 6.42 Å². The lowest BCUT2D eigenvalue weighted by Gasteiger charge is -2.15. The third kappa shape index (κ3) is 1.75. The maximum absolute atomic E-state index is 10.9. The number of carboxylic acids is 1. The molecule has 1 aliphatic rings. The van der Waals surface area contributed by atoms with Gasteiger partial charge in [0.2, 0.25) is 0 Å². The van der Waals surface area contributed by atoms with E-state index >= 15 is 0 Å². The molecule has 0 bridgehead atoms. The van der Waals surface area contributed by atoms with Crippen LogP contribution in [0.3, 0.4) is 0 Å². The summed E-state index contributed by atoms with van der Waals surface area (Å²) in [6, 6.07) is 10.2. The quantitative estimate of drug-likeness (QED) is 0.830. The number of benzene rings is 1. The molecule has 3 rings (SSSR count). The second-order valence-electron chi connectivity index (χ2n) is 4.51. The number of H-pyrrole nitrogens is 1. The Bertz CT molecular complexity index is 528. The number of aromatic amines is 1. The van der Waals surface area contributed by atoms with Gasteiger partial charge in [-0.25, -0.2) is 0 Å². The van der Waals surface area contributed by atoms with Gasteiger partial charge in [-0.05, 0) is 18.6 Å². The molecule has 1 fully saturated rings. The van der Waals surface area contributed by atoms with Crippen molar-refractivity contribution in [1.29, 1.82) is 0 Å². The molecule has 1 aromatic carbocycles. The molecule has 1 aliphatic heterocycles. The van der Waals surface area contributed by atoms with E-state index in [1.165, 1.54) is 5.39 Å². The predicted molar refractivity (Wildman–Crippen MR) is 66.3 cm³/mol. The van der Waals surface area contributed by atoms with Gasteiger partial charge in [-0.1, -0.05) is 18.2 Å². The minimum Gasteiger partial charge on any atom is -0.481 e. The smallest absolute Gasteiger partial charge is 0.308 e. The van der Waals surface area contributed by atoms with Crippen LogP contribution in [0.2, 0.25) is 0 Å². The lowest BCUT2D eigenvalue weighted by Crippen LogP contribution is -2.22. The first-order valence-electron chi connectivity index (χ1n) is 5.79. The Kier molecular flexibility index (Phi) is 2.28. The van der Waals surface area contributed by atoms with Crippen LogP contribution < -0.4 is 4.90 Å². The molecule has 1 atom stereocenters. The normalized spacial score (nSPS) is 20.0. The summed E-state index contributed by atoms with van der Waals surface area (Å²) in [7, 11) is 0. The van der Waals surface area contributed by atoms with Crippen molar-refractivity contribution in [2.24, 2.45) is 5.92 Å². The second kappa shape index (κ2) is 3.80. The third-order valence-corrected chi connectivity index (χ3v) is 3.39. The molecule has 1 saturated heterocycles. The maximum Gasteiger partial charge on any atom is 0.308 e. The van der Waals surface area contributed by atoms with Crippen molar-refractivity contribution in [3.8, 4) is 0 Å². The SMILES string of the molecule is O=C(O)C1CCN(c2cc3ccccc3[nH]2)C1. The molecule has 0 amide bonds. The van der Waals surface area contributed by atoms with Crippen molar-refractivity contribution in [3.05, 3.63) is 30.3 Å². The van der Waals surface area contributed by atoms with Gasteiger partial charge in [-0.15, -0.1) is 0 Å². The maximum atomic E-state index is 10.9. The summed E-state index contributed by atoms with van der Waals surface area (Å²) in [5, 5.41) is 10.1. The second-order valence-corrected chi connectivity index (χ2v) is 4.51. The summed E-state index contributed by atoms with van der Waals surface area (Å²) < 4.78 is 0. The average Bonchev–Trinajstić information content (AvgIpc) is 2.95. The molecule has 17 heavy (non-hydrogen) atoms. The van der Waals surface area contributed by atoms with Gasteiger partial charge in [0.25, 0.3) is 0 Å². The lowest BCUT2D eigenvalue weighted by atomic mass is 10.1. The van der Waals surface area contributed by atoms with E-state index in [0.717, 1.165) is 24.3 Å². The Balaban J connectivity index is 1.87. The van der Waals surface area contributed by atoms with Crippen molar-refractivity contribution >= 4 is 22.7 Å². The van der Waals surface area contributed by atoms with Crippen molar-refractivity contribution in [2.45, 2.75) is 6.42 Å². The number of nitrogens with one attached hydrogen (secondary N) is 1. The fourth-order valence-corrected chi connectivity index (χ4v) is 2.41. The topological polar surface area (TPSA) is 56.3 Å². The number of hydrogen-bond donors (Lipinski definition) is 2. The van der Waals surface area contributed by atoms with Gasteiger partial charge in [0.15, 0.2) is 0 Å². The molecule has 1 aromatic heterocycles. The number of rotatable bonds is 2. The number of carbonyl (C=O) groups is 1. The van der Waals surface area contributed by atoms with Crippen LogP contribution >= 0.6 is 0 Å². The predicted octanol–water partition coefficient (Wildman–Crippen LogP) is 2.08. The number of aliphatic carboxylic acids is 1. The van der Waals surface area contributed by atoms with Crippen molar-refractivity contribution in [3.63, 3.8) is 0 Å². The number of hydrogen-bond acceptors (Lipinski definition) is 2. The zero-order valence-electron chi connectivity index (χ0n) is 9.39. The Hall–Kier alpha value is -1.97. The molecule has 0 radical (unpaired) electrons. The largest absolute Gasteiger partial charge is 0.481 e. The van der Waals surface area contributed by atoms with E-state index in [-0.39, 0.29) is 5.92 Å². The fraction of sp³-hybridized carbons (Fsp3) is 0.308. The van der Waals surface area contributed by atoms with Gasteiger partial charge >= 0.3 is 5.97 Å². The van der Waals surface area contributed by atoms with E-state index in [9.17, 15) is 4.79 Å². The summed E-state index contributed by atoms with van der Waals surface area (Å²) in [4.78, 5) is 16.4. The van der Waals surface area contributed by atoms with E-state index < -0.39 is 5.97 Å². The number of para-hydroxylation sites is 1. The molecule has 4 nitrogen and oxygen atoms in total. The van der Waals surface area contributed by atoms with Gasteiger partial charge < -0.3 is 15.0 Å². The average molecular weight is 230 g/mol. The molecule has 0 aliphatic carbocycles. The highest BCUT2D eigenvalue weighted by atomic mass is 16.4. The van der Waals surface area contributed by atoms with Crippen LogP contribution in [0.4, 0.5) is 5.82 Å². The van der Waals surface area contributed by atoms with Crippen LogP contribution in [-0.2, 0) is 4.79 Å². The Morgan fingerprint density at radius 2 is 2.24 bits per heavy atom. The van der Waals surface area contributed by atoms with Crippen LogP contribution in [0, 0.1) is 5.92 Å². The standard InChI is InChI=1S/C13H14N2O2/c16-13(17)10-5-6-15(8-10)12-7-9-3-1-2-4-11(9)14-12/h1-4,7,10,14H,5-6,8H2,(H,16,17). The summed E-state index contributed by atoms with van der Waals surface area (Å²) in [6.45, 7) is 1.41. The molecule has 0 spiro atoms. The summed E-state index contributed by atoms with van der Waals surface area (Å²) in [5.41, 5.74) is 1.10. The van der Waals surface area contributed by atoms with Crippen LogP contribution in [-0.4, -0.2) is 29.1 Å². The van der Waals surface area contributed by atoms with Crippen molar-refractivity contribution in [1.82, 2.24) is 4.98 Å². The van der Waals surface area contributed by atoms with Crippen molar-refractivity contribution < 1.29 is 9.90 Å². The molecule has 1 unspecified atom stereocenters. The van der Waals surface area contributed by atoms with Gasteiger partial charge in [0, 0.05) is 24.0 Å². The molecular weight excluding hydrogens is 216 g/mol. The monoisotopic (exact) mass is 230 g/mol. The van der Waals surface area contributed by atoms with Gasteiger partial charge in [-0.2, -0.15) is 0 Å². The summed E-state index contributed by atoms with van der Waals surface area (Å²) >= 11 is 0. The highest BCUT2D eigenvalue weighted by Crippen LogP contribution is 2.26. The number of carboxylic acid groups (broad SMARTS) is 1. The highest BCUT2D eigenvalue weighted by molar-refractivity contribution is 5.84. The first-order valence-corrected chi connectivity index (χ1v) is 5.79. The van der Waals surface area contributed by atoms with E-state index in [0.29, 0.717) is 6.54 Å². The Morgan fingerprint density at radius 1 is 1.41 bits per heavy atom.